The Bertz CT molecular complexity index is 1600. The third kappa shape index (κ3) is 6.09. The number of fused-ring (bicyclic) bond motifs is 1. The number of amides is 1. The van der Waals surface area contributed by atoms with Gasteiger partial charge < -0.3 is 15.7 Å². The van der Waals surface area contributed by atoms with Gasteiger partial charge >= 0.3 is 12.4 Å². The minimum Gasteiger partial charge on any atom is -0.492 e. The van der Waals surface area contributed by atoms with Crippen molar-refractivity contribution < 1.29 is 36.2 Å². The number of anilines is 3. The molecule has 4 heterocycles. The topological polar surface area (TPSA) is 151 Å². The van der Waals surface area contributed by atoms with Crippen molar-refractivity contribution in [3.05, 3.63) is 39.0 Å². The molecule has 18 heteroatoms. The molecule has 228 valence electrons. The van der Waals surface area contributed by atoms with Crippen molar-refractivity contribution in [1.82, 2.24) is 19.7 Å². The quantitative estimate of drug-likeness (QED) is 0.138. The lowest BCUT2D eigenvalue weighted by atomic mass is 10.0. The van der Waals surface area contributed by atoms with Crippen molar-refractivity contribution in [1.29, 1.82) is 10.7 Å². The number of hydrogen-bond donors (Lipinski definition) is 4. The Morgan fingerprint density at radius 2 is 1.93 bits per heavy atom. The van der Waals surface area contributed by atoms with Gasteiger partial charge in [-0.3, -0.25) is 15.1 Å². The third-order valence-electron chi connectivity index (χ3n) is 7.23. The fourth-order valence-corrected chi connectivity index (χ4v) is 6.90. The maximum atomic E-state index is 13.7. The molecule has 3 aromatic rings. The highest BCUT2D eigenvalue weighted by molar-refractivity contribution is 7.18. The number of nitrogens with zero attached hydrogens (tertiary/aromatic N) is 5. The number of nitriles is 1. The minimum atomic E-state index is -5.35. The summed E-state index contributed by atoms with van der Waals surface area (Å²) in [6.07, 6.45) is -5.65. The van der Waals surface area contributed by atoms with Gasteiger partial charge in [0.1, 0.15) is 33.2 Å². The molecule has 10 nitrogen and oxygen atoms in total. The van der Waals surface area contributed by atoms with Crippen molar-refractivity contribution in [2.45, 2.75) is 50.9 Å². The molecule has 43 heavy (non-hydrogen) atoms. The number of hydrogen-bond acceptors (Lipinski definition) is 10. The van der Waals surface area contributed by atoms with Crippen molar-refractivity contribution in [3.63, 3.8) is 0 Å². The summed E-state index contributed by atoms with van der Waals surface area (Å²) in [5.41, 5.74) is -4.94. The van der Waals surface area contributed by atoms with Gasteiger partial charge in [-0.05, 0) is 30.3 Å². The standard InChI is InChI=1S/C25H22F6N8O2S2/c26-24(27,28)13-10-35-19-12(16(13)25(29,30)31)6-8-39(19)22(41)17-14(9-32)36-23(42-17)37-21-15(20(40)38-43-21)18(33)34-7-5-11-3-1-2-4-11/h10-11H,1-8H2,(H2,33,34)(H,36,37)(H,38,40). The molecular weight excluding hydrogens is 622 g/mol. The minimum absolute atomic E-state index is 0.0145. The average Bonchev–Trinajstić information content (AvgIpc) is 3.73. The molecule has 0 radical (unpaired) electrons. The van der Waals surface area contributed by atoms with Crippen LogP contribution < -0.4 is 15.5 Å². The lowest BCUT2D eigenvalue weighted by Gasteiger charge is -2.20. The number of amidine groups is 1. The van der Waals surface area contributed by atoms with E-state index in [2.05, 4.69) is 25.0 Å². The molecule has 1 aliphatic carbocycles. The smallest absolute Gasteiger partial charge is 0.418 e. The van der Waals surface area contributed by atoms with Crippen LogP contribution in [0.15, 0.2) is 6.20 Å². The number of rotatable bonds is 7. The second-order valence-corrected chi connectivity index (χ2v) is 11.7. The van der Waals surface area contributed by atoms with Gasteiger partial charge in [0.05, 0.1) is 11.1 Å². The molecule has 1 fully saturated rings. The summed E-state index contributed by atoms with van der Waals surface area (Å²) < 4.78 is 85.0. The van der Waals surface area contributed by atoms with Crippen molar-refractivity contribution in [2.75, 3.05) is 23.3 Å². The van der Waals surface area contributed by atoms with Crippen molar-refractivity contribution in [3.8, 4) is 11.9 Å². The number of thiazole rings is 1. The Balaban J connectivity index is 1.38. The zero-order chi connectivity index (χ0) is 31.1. The van der Waals surface area contributed by atoms with E-state index in [0.29, 0.717) is 23.8 Å². The first kappa shape index (κ1) is 30.5. The second kappa shape index (κ2) is 11.6. The first-order valence-electron chi connectivity index (χ1n) is 13.0. The lowest BCUT2D eigenvalue weighted by Crippen LogP contribution is -2.29. The monoisotopic (exact) mass is 644 g/mol. The van der Waals surface area contributed by atoms with Gasteiger partial charge in [0, 0.05) is 24.8 Å². The summed E-state index contributed by atoms with van der Waals surface area (Å²) in [6.45, 7) is 0.117. The van der Waals surface area contributed by atoms with Crippen LogP contribution in [0.3, 0.4) is 0 Å². The molecule has 0 bridgehead atoms. The van der Waals surface area contributed by atoms with Crippen LogP contribution in [0.1, 0.15) is 69.7 Å². The molecule has 4 N–H and O–H groups in total. The first-order valence-corrected chi connectivity index (χ1v) is 14.6. The number of nitrogens with one attached hydrogen (secondary N) is 3. The van der Waals surface area contributed by atoms with Crippen LogP contribution in [0.25, 0.3) is 0 Å². The number of pyridine rings is 1. The van der Waals surface area contributed by atoms with Gasteiger partial charge in [0.15, 0.2) is 10.8 Å². The normalized spacial score (nSPS) is 15.4. The van der Waals surface area contributed by atoms with Crippen LogP contribution in [0.5, 0.6) is 5.88 Å². The molecule has 0 atom stereocenters. The highest BCUT2D eigenvalue weighted by Gasteiger charge is 2.48. The Hall–Kier alpha value is -3.98. The predicted molar refractivity (Wildman–Crippen MR) is 145 cm³/mol. The number of carbonyl (C=O) groups is 1. The molecule has 1 amide bonds. The predicted octanol–water partition coefficient (Wildman–Crippen LogP) is 6.05. The van der Waals surface area contributed by atoms with Crippen LogP contribution in [-0.2, 0) is 18.8 Å². The maximum Gasteiger partial charge on any atom is 0.418 e. The zero-order valence-electron chi connectivity index (χ0n) is 22.0. The average molecular weight is 645 g/mol. The SMILES string of the molecule is N#Cc1nc(Nc2snc(O)c2C(=N)NCCC2CCCC2)sc1C(=O)N1CCc2c1ncc(C(F)(F)F)c2C(F)(F)F. The van der Waals surface area contributed by atoms with Crippen LogP contribution in [0.2, 0.25) is 0 Å². The van der Waals surface area contributed by atoms with Crippen LogP contribution in [-0.4, -0.2) is 44.3 Å². The highest BCUT2D eigenvalue weighted by atomic mass is 32.1. The van der Waals surface area contributed by atoms with E-state index in [4.69, 9.17) is 5.41 Å². The van der Waals surface area contributed by atoms with E-state index in [-0.39, 0.29) is 38.3 Å². The molecule has 1 saturated carbocycles. The Labute approximate surface area is 248 Å². The Kier molecular flexibility index (Phi) is 8.22. The molecule has 1 aliphatic heterocycles. The molecule has 2 aliphatic rings. The molecular formula is C25H22F6N8O2S2. The third-order valence-corrected chi connectivity index (χ3v) is 8.94. The summed E-state index contributed by atoms with van der Waals surface area (Å²) in [4.78, 5) is 21.5. The Morgan fingerprint density at radius 1 is 1.21 bits per heavy atom. The molecule has 5 rings (SSSR count). The van der Waals surface area contributed by atoms with Gasteiger partial charge in [0.2, 0.25) is 5.88 Å². The number of carbonyl (C=O) groups excluding carboxylic acids is 1. The summed E-state index contributed by atoms with van der Waals surface area (Å²) >= 11 is 1.47. The summed E-state index contributed by atoms with van der Waals surface area (Å²) in [6, 6.07) is 1.74. The maximum absolute atomic E-state index is 13.7. The van der Waals surface area contributed by atoms with Gasteiger partial charge in [-0.15, -0.1) is 0 Å². The van der Waals surface area contributed by atoms with Crippen LogP contribution in [0.4, 0.5) is 42.3 Å². The largest absolute Gasteiger partial charge is 0.492 e. The summed E-state index contributed by atoms with van der Waals surface area (Å²) in [7, 11) is 0. The lowest BCUT2D eigenvalue weighted by molar-refractivity contribution is -0.162. The number of aromatic hydroxyl groups is 1. The first-order chi connectivity index (χ1) is 20.3. The molecule has 0 unspecified atom stereocenters. The molecule has 0 aromatic carbocycles. The highest BCUT2D eigenvalue weighted by Crippen LogP contribution is 2.46. The van der Waals surface area contributed by atoms with Crippen LogP contribution in [0, 0.1) is 22.7 Å². The number of aromatic nitrogens is 3. The van der Waals surface area contributed by atoms with Gasteiger partial charge in [0.25, 0.3) is 5.91 Å². The van der Waals surface area contributed by atoms with Crippen molar-refractivity contribution >= 4 is 50.6 Å². The van der Waals surface area contributed by atoms with E-state index in [9.17, 15) is 41.5 Å². The van der Waals surface area contributed by atoms with E-state index in [1.807, 2.05) is 0 Å². The zero-order valence-corrected chi connectivity index (χ0v) is 23.6. The van der Waals surface area contributed by atoms with E-state index in [1.54, 1.807) is 6.07 Å². The fourth-order valence-electron chi connectivity index (χ4n) is 5.27. The summed E-state index contributed by atoms with van der Waals surface area (Å²) in [5, 5.41) is 34.2. The second-order valence-electron chi connectivity index (χ2n) is 9.94. The summed E-state index contributed by atoms with van der Waals surface area (Å²) in [5.74, 6) is -1.48. The van der Waals surface area contributed by atoms with E-state index < -0.39 is 59.6 Å². The molecule has 0 spiro atoms. The molecule has 0 saturated heterocycles. The fraction of sp³-hybridized carbons (Fsp3) is 0.440. The van der Waals surface area contributed by atoms with Gasteiger partial charge in [-0.2, -0.15) is 36.0 Å². The number of halogens is 6. The van der Waals surface area contributed by atoms with E-state index >= 15 is 0 Å². The van der Waals surface area contributed by atoms with E-state index in [1.165, 1.54) is 12.8 Å². The van der Waals surface area contributed by atoms with Gasteiger partial charge in [-0.1, -0.05) is 37.0 Å². The van der Waals surface area contributed by atoms with E-state index in [0.717, 1.165) is 35.7 Å². The Morgan fingerprint density at radius 3 is 2.58 bits per heavy atom. The van der Waals surface area contributed by atoms with Gasteiger partial charge in [-0.25, -0.2) is 9.97 Å². The van der Waals surface area contributed by atoms with Crippen molar-refractivity contribution in [2.24, 2.45) is 5.92 Å². The van der Waals surface area contributed by atoms with Crippen LogP contribution >= 0.6 is 22.9 Å². The molecule has 3 aromatic heterocycles. The number of alkyl halides is 6.